The molecule has 1 saturated heterocycles. The van der Waals surface area contributed by atoms with E-state index < -0.39 is 0 Å². The maximum atomic E-state index is 12.5. The number of carbonyl (C=O) groups is 1. The van der Waals surface area contributed by atoms with E-state index in [2.05, 4.69) is 10.2 Å². The van der Waals surface area contributed by atoms with Crippen molar-refractivity contribution in [3.8, 4) is 5.75 Å². The number of ether oxygens (including phenoxy) is 1. The molecule has 5 nitrogen and oxygen atoms in total. The second kappa shape index (κ2) is 8.19. The van der Waals surface area contributed by atoms with E-state index in [-0.39, 0.29) is 11.2 Å². The van der Waals surface area contributed by atoms with Crippen LogP contribution in [0.3, 0.4) is 0 Å². The summed E-state index contributed by atoms with van der Waals surface area (Å²) in [6.07, 6.45) is 1.64. The average Bonchev–Trinajstić information content (AvgIpc) is 2.91. The average molecular weight is 367 g/mol. The van der Waals surface area contributed by atoms with Gasteiger partial charge in [0.25, 0.3) is 0 Å². The van der Waals surface area contributed by atoms with Crippen molar-refractivity contribution in [2.45, 2.75) is 25.6 Å². The molecular weight excluding hydrogens is 346 g/mol. The fourth-order valence-electron chi connectivity index (χ4n) is 2.68. The van der Waals surface area contributed by atoms with Crippen molar-refractivity contribution >= 4 is 29.1 Å². The van der Waals surface area contributed by atoms with Crippen molar-refractivity contribution < 1.29 is 9.53 Å². The monoisotopic (exact) mass is 367 g/mol. The molecule has 1 aliphatic rings. The van der Waals surface area contributed by atoms with Gasteiger partial charge in [0.1, 0.15) is 5.75 Å². The lowest BCUT2D eigenvalue weighted by atomic mass is 10.1. The highest BCUT2D eigenvalue weighted by molar-refractivity contribution is 8.15. The molecule has 3 rings (SSSR count). The smallest absolute Gasteiger partial charge is 0.242 e. The van der Waals surface area contributed by atoms with E-state index in [0.29, 0.717) is 11.7 Å². The third-order valence-corrected chi connectivity index (χ3v) is 5.26. The first-order chi connectivity index (χ1) is 12.6. The summed E-state index contributed by atoms with van der Waals surface area (Å²) >= 11 is 1.43. The Hall–Kier alpha value is -2.60. The third kappa shape index (κ3) is 3.96. The van der Waals surface area contributed by atoms with Crippen LogP contribution in [0.2, 0.25) is 0 Å². The zero-order valence-electron chi connectivity index (χ0n) is 15.0. The highest BCUT2D eigenvalue weighted by atomic mass is 32.2. The van der Waals surface area contributed by atoms with Crippen molar-refractivity contribution in [3.63, 3.8) is 0 Å². The molecule has 1 heterocycles. The quantitative estimate of drug-likeness (QED) is 0.596. The van der Waals surface area contributed by atoms with Gasteiger partial charge in [0.15, 0.2) is 5.17 Å². The molecule has 0 bridgehead atoms. The number of para-hydroxylation sites is 1. The number of nitrogens with zero attached hydrogens (tertiary/aromatic N) is 3. The molecule has 0 spiro atoms. The Bertz CT molecular complexity index is 864. The molecule has 6 heteroatoms. The first kappa shape index (κ1) is 18.2. The lowest BCUT2D eigenvalue weighted by Gasteiger charge is -2.16. The minimum atomic E-state index is -0.153. The van der Waals surface area contributed by atoms with Crippen LogP contribution in [0.25, 0.3) is 0 Å². The molecule has 1 amide bonds. The predicted molar refractivity (Wildman–Crippen MR) is 107 cm³/mol. The van der Waals surface area contributed by atoms with E-state index in [1.165, 1.54) is 11.8 Å². The zero-order chi connectivity index (χ0) is 18.5. The number of rotatable bonds is 5. The summed E-state index contributed by atoms with van der Waals surface area (Å²) in [5.41, 5.74) is 3.10. The summed E-state index contributed by atoms with van der Waals surface area (Å²) in [6.45, 7) is 4.44. The number of hydrogen-bond acceptors (Lipinski definition) is 5. The number of benzene rings is 2. The molecular formula is C20H21N3O2S. The van der Waals surface area contributed by atoms with E-state index >= 15 is 0 Å². The summed E-state index contributed by atoms with van der Waals surface area (Å²) in [5.74, 6) is 0.793. The maximum Gasteiger partial charge on any atom is 0.242 e. The van der Waals surface area contributed by atoms with Gasteiger partial charge >= 0.3 is 0 Å². The van der Waals surface area contributed by atoms with Gasteiger partial charge in [-0.05, 0) is 37.1 Å². The standard InChI is InChI=1S/C20H21N3O2S/c1-14-8-4-5-10-17(14)13-23-19(24)15(2)26-20(23)22-21-12-16-9-6-7-11-18(16)25-3/h4-12,15H,13H2,1-3H3/b21-12+,22-20+. The van der Waals surface area contributed by atoms with Gasteiger partial charge in [-0.2, -0.15) is 5.10 Å². The van der Waals surface area contributed by atoms with Crippen LogP contribution in [0.15, 0.2) is 58.7 Å². The van der Waals surface area contributed by atoms with Crippen molar-refractivity contribution in [1.82, 2.24) is 4.90 Å². The lowest BCUT2D eigenvalue weighted by molar-refractivity contribution is -0.126. The summed E-state index contributed by atoms with van der Waals surface area (Å²) in [7, 11) is 1.62. The number of carbonyl (C=O) groups excluding carboxylic acids is 1. The van der Waals surface area contributed by atoms with Gasteiger partial charge < -0.3 is 4.74 Å². The maximum absolute atomic E-state index is 12.5. The van der Waals surface area contributed by atoms with Gasteiger partial charge in [-0.1, -0.05) is 48.2 Å². The van der Waals surface area contributed by atoms with Crippen LogP contribution in [-0.2, 0) is 11.3 Å². The molecule has 1 unspecified atom stereocenters. The molecule has 2 aromatic rings. The molecule has 0 saturated carbocycles. The predicted octanol–water partition coefficient (Wildman–Crippen LogP) is 3.86. The molecule has 1 atom stereocenters. The Labute approximate surface area is 157 Å². The number of hydrogen-bond donors (Lipinski definition) is 0. The zero-order valence-corrected chi connectivity index (χ0v) is 15.9. The molecule has 134 valence electrons. The molecule has 0 aromatic heterocycles. The Morgan fingerprint density at radius 1 is 1.19 bits per heavy atom. The van der Waals surface area contributed by atoms with Gasteiger partial charge in [0.05, 0.1) is 25.1 Å². The summed E-state index contributed by atoms with van der Waals surface area (Å²) in [5, 5.41) is 8.95. The highest BCUT2D eigenvalue weighted by Gasteiger charge is 2.35. The van der Waals surface area contributed by atoms with E-state index in [0.717, 1.165) is 22.4 Å². The number of thioether (sulfide) groups is 1. The van der Waals surface area contributed by atoms with Gasteiger partial charge in [0, 0.05) is 5.56 Å². The van der Waals surface area contributed by atoms with Crippen molar-refractivity contribution in [1.29, 1.82) is 0 Å². The number of aryl methyl sites for hydroxylation is 1. The van der Waals surface area contributed by atoms with Crippen molar-refractivity contribution in [2.75, 3.05) is 7.11 Å². The molecule has 1 fully saturated rings. The summed E-state index contributed by atoms with van der Waals surface area (Å²) in [6, 6.07) is 15.6. The largest absolute Gasteiger partial charge is 0.496 e. The molecule has 0 N–H and O–H groups in total. The second-order valence-corrected chi connectivity index (χ2v) is 7.29. The first-order valence-corrected chi connectivity index (χ1v) is 9.24. The molecule has 2 aromatic carbocycles. The van der Waals surface area contributed by atoms with E-state index in [4.69, 9.17) is 4.74 Å². The summed E-state index contributed by atoms with van der Waals surface area (Å²) in [4.78, 5) is 14.2. The van der Waals surface area contributed by atoms with Crippen LogP contribution < -0.4 is 4.74 Å². The van der Waals surface area contributed by atoms with Crippen molar-refractivity contribution in [3.05, 3.63) is 65.2 Å². The minimum absolute atomic E-state index is 0.0597. The highest BCUT2D eigenvalue weighted by Crippen LogP contribution is 2.29. The van der Waals surface area contributed by atoms with E-state index in [1.54, 1.807) is 18.2 Å². The Kier molecular flexibility index (Phi) is 5.73. The minimum Gasteiger partial charge on any atom is -0.496 e. The normalized spacial score (nSPS) is 18.9. The van der Waals surface area contributed by atoms with Crippen LogP contribution in [0.1, 0.15) is 23.6 Å². The Morgan fingerprint density at radius 2 is 1.92 bits per heavy atom. The van der Waals surface area contributed by atoms with Crippen LogP contribution in [-0.4, -0.2) is 34.5 Å². The number of methoxy groups -OCH3 is 1. The molecule has 26 heavy (non-hydrogen) atoms. The third-order valence-electron chi connectivity index (χ3n) is 4.20. The van der Waals surface area contributed by atoms with E-state index in [1.807, 2.05) is 62.4 Å². The number of amides is 1. The number of amidine groups is 1. The fraction of sp³-hybridized carbons (Fsp3) is 0.250. The molecule has 0 aliphatic carbocycles. The lowest BCUT2D eigenvalue weighted by Crippen LogP contribution is -2.31. The van der Waals surface area contributed by atoms with Gasteiger partial charge in [-0.25, -0.2) is 0 Å². The molecule has 0 radical (unpaired) electrons. The first-order valence-electron chi connectivity index (χ1n) is 8.36. The second-order valence-electron chi connectivity index (χ2n) is 5.98. The van der Waals surface area contributed by atoms with Gasteiger partial charge in [-0.3, -0.25) is 9.69 Å². The topological polar surface area (TPSA) is 54.3 Å². The van der Waals surface area contributed by atoms with E-state index in [9.17, 15) is 4.79 Å². The Morgan fingerprint density at radius 3 is 2.69 bits per heavy atom. The molecule has 1 aliphatic heterocycles. The fourth-order valence-corrected chi connectivity index (χ4v) is 3.60. The Balaban J connectivity index is 1.82. The van der Waals surface area contributed by atoms with Crippen LogP contribution >= 0.6 is 11.8 Å². The van der Waals surface area contributed by atoms with Gasteiger partial charge in [0.2, 0.25) is 5.91 Å². The van der Waals surface area contributed by atoms with Crippen LogP contribution in [0, 0.1) is 6.92 Å². The van der Waals surface area contributed by atoms with Gasteiger partial charge in [-0.15, -0.1) is 5.10 Å². The van der Waals surface area contributed by atoms with Crippen molar-refractivity contribution in [2.24, 2.45) is 10.2 Å². The van der Waals surface area contributed by atoms with Crippen LogP contribution in [0.4, 0.5) is 0 Å². The van der Waals surface area contributed by atoms with Crippen LogP contribution in [0.5, 0.6) is 5.75 Å². The summed E-state index contributed by atoms with van der Waals surface area (Å²) < 4.78 is 5.31. The SMILES string of the molecule is COc1ccccc1/C=N/N=C1/SC(C)C(=O)N1Cc1ccccc1C.